The zero-order valence-corrected chi connectivity index (χ0v) is 22.4. The molecule has 0 atom stereocenters. The highest BCUT2D eigenvalue weighted by atomic mass is 127. The molecule has 0 aliphatic heterocycles. The Bertz CT molecular complexity index is 982. The smallest absolute Gasteiger partial charge is 0.240 e. The quantitative estimate of drug-likeness (QED) is 0.196. The Kier molecular flexibility index (Phi) is 11.8. The first-order chi connectivity index (χ1) is 14.8. The number of hydrogen-bond donors (Lipinski definition) is 2. The second kappa shape index (κ2) is 13.5. The number of sulfonamides is 1. The van der Waals surface area contributed by atoms with Crippen molar-refractivity contribution in [2.45, 2.75) is 25.3 Å². The van der Waals surface area contributed by atoms with Gasteiger partial charge in [0.2, 0.25) is 10.0 Å². The highest BCUT2D eigenvalue weighted by molar-refractivity contribution is 14.0. The van der Waals surface area contributed by atoms with Gasteiger partial charge in [-0.15, -0.1) is 24.0 Å². The lowest BCUT2D eigenvalue weighted by atomic mass is 10.2. The molecule has 0 fully saturated rings. The summed E-state index contributed by atoms with van der Waals surface area (Å²) in [6.07, 6.45) is 0. The molecule has 2 rings (SSSR count). The van der Waals surface area contributed by atoms with E-state index in [1.165, 1.54) is 0 Å². The van der Waals surface area contributed by atoms with Crippen molar-refractivity contribution in [2.75, 3.05) is 40.9 Å². The van der Waals surface area contributed by atoms with Gasteiger partial charge in [0.25, 0.3) is 0 Å². The lowest BCUT2D eigenvalue weighted by Crippen LogP contribution is -2.39. The first kappa shape index (κ1) is 28.0. The number of ether oxygens (including phenoxy) is 2. The first-order valence-corrected chi connectivity index (χ1v) is 11.6. The molecule has 2 aromatic rings. The van der Waals surface area contributed by atoms with Gasteiger partial charge in [0.15, 0.2) is 5.96 Å². The van der Waals surface area contributed by atoms with Crippen LogP contribution in [0.3, 0.4) is 0 Å². The minimum Gasteiger partial charge on any atom is -0.497 e. The van der Waals surface area contributed by atoms with Crippen molar-refractivity contribution >= 4 is 40.0 Å². The maximum atomic E-state index is 12.4. The number of hydrogen-bond acceptors (Lipinski definition) is 5. The fraction of sp³-hybridized carbons (Fsp3) is 0.409. The Morgan fingerprint density at radius 2 is 1.78 bits per heavy atom. The third kappa shape index (κ3) is 8.14. The molecular weight excluding hydrogens is 543 g/mol. The maximum Gasteiger partial charge on any atom is 0.240 e. The fourth-order valence-electron chi connectivity index (χ4n) is 2.93. The standard InChI is InChI=1S/C22H32N4O4S.HI/c1-6-23-22(26(3)16-18-9-10-19(29-4)15-21(18)30-5)24-13-14-25-31(27,28)20-11-7-17(2)8-12-20;/h7-12,15,25H,6,13-14,16H2,1-5H3,(H,23,24);1H. The molecule has 0 amide bonds. The van der Waals surface area contributed by atoms with Crippen LogP contribution in [-0.4, -0.2) is 60.2 Å². The monoisotopic (exact) mass is 576 g/mol. The molecule has 0 saturated carbocycles. The van der Waals surface area contributed by atoms with Crippen LogP contribution >= 0.6 is 24.0 Å². The molecule has 10 heteroatoms. The van der Waals surface area contributed by atoms with Gasteiger partial charge in [0.1, 0.15) is 11.5 Å². The Labute approximate surface area is 208 Å². The van der Waals surface area contributed by atoms with Crippen molar-refractivity contribution in [3.63, 3.8) is 0 Å². The van der Waals surface area contributed by atoms with Crippen molar-refractivity contribution in [3.8, 4) is 11.5 Å². The van der Waals surface area contributed by atoms with Crippen LogP contribution in [0.4, 0.5) is 0 Å². The molecule has 0 unspecified atom stereocenters. The molecule has 0 radical (unpaired) electrons. The maximum absolute atomic E-state index is 12.4. The van der Waals surface area contributed by atoms with Crippen LogP contribution in [0.5, 0.6) is 11.5 Å². The molecule has 178 valence electrons. The topological polar surface area (TPSA) is 92.3 Å². The lowest BCUT2D eigenvalue weighted by molar-refractivity contribution is 0.382. The number of nitrogens with one attached hydrogen (secondary N) is 2. The van der Waals surface area contributed by atoms with Crippen molar-refractivity contribution < 1.29 is 17.9 Å². The van der Waals surface area contributed by atoms with Crippen LogP contribution in [0.25, 0.3) is 0 Å². The van der Waals surface area contributed by atoms with Crippen molar-refractivity contribution in [2.24, 2.45) is 4.99 Å². The second-order valence-corrected chi connectivity index (χ2v) is 8.75. The predicted octanol–water partition coefficient (Wildman–Crippen LogP) is 3.01. The summed E-state index contributed by atoms with van der Waals surface area (Å²) < 4.78 is 38.1. The summed E-state index contributed by atoms with van der Waals surface area (Å²) >= 11 is 0. The minimum atomic E-state index is -3.55. The van der Waals surface area contributed by atoms with Crippen LogP contribution in [0.1, 0.15) is 18.1 Å². The number of methoxy groups -OCH3 is 2. The van der Waals surface area contributed by atoms with E-state index in [1.54, 1.807) is 38.5 Å². The summed E-state index contributed by atoms with van der Waals surface area (Å²) in [5, 5.41) is 3.23. The average molecular weight is 577 g/mol. The van der Waals surface area contributed by atoms with Crippen LogP contribution in [0, 0.1) is 6.92 Å². The molecule has 0 heterocycles. The van der Waals surface area contributed by atoms with E-state index in [2.05, 4.69) is 15.0 Å². The SMILES string of the molecule is CCNC(=NCCNS(=O)(=O)c1ccc(C)cc1)N(C)Cc1ccc(OC)cc1OC.I. The van der Waals surface area contributed by atoms with Gasteiger partial charge in [-0.05, 0) is 38.1 Å². The summed E-state index contributed by atoms with van der Waals surface area (Å²) in [7, 11) is 1.60. The highest BCUT2D eigenvalue weighted by Gasteiger charge is 2.14. The fourth-order valence-corrected chi connectivity index (χ4v) is 3.95. The molecule has 32 heavy (non-hydrogen) atoms. The van der Waals surface area contributed by atoms with E-state index in [9.17, 15) is 8.42 Å². The van der Waals surface area contributed by atoms with Crippen LogP contribution < -0.4 is 19.5 Å². The predicted molar refractivity (Wildman–Crippen MR) is 139 cm³/mol. The summed E-state index contributed by atoms with van der Waals surface area (Å²) in [4.78, 5) is 6.76. The molecule has 0 aromatic heterocycles. The van der Waals surface area contributed by atoms with Gasteiger partial charge in [0, 0.05) is 38.3 Å². The molecule has 0 aliphatic carbocycles. The van der Waals surface area contributed by atoms with Crippen molar-refractivity contribution in [1.82, 2.24) is 14.9 Å². The number of nitrogens with zero attached hydrogens (tertiary/aromatic N) is 2. The van der Waals surface area contributed by atoms with E-state index in [0.29, 0.717) is 25.6 Å². The molecule has 0 saturated heterocycles. The minimum absolute atomic E-state index is 0. The number of halogens is 1. The Morgan fingerprint density at radius 3 is 2.38 bits per heavy atom. The van der Waals surface area contributed by atoms with E-state index in [-0.39, 0.29) is 35.4 Å². The Hall–Kier alpha value is -2.05. The third-order valence-electron chi connectivity index (χ3n) is 4.59. The van der Waals surface area contributed by atoms with E-state index >= 15 is 0 Å². The summed E-state index contributed by atoms with van der Waals surface area (Å²) in [5.41, 5.74) is 1.99. The molecule has 0 aliphatic rings. The summed E-state index contributed by atoms with van der Waals surface area (Å²) in [6.45, 7) is 5.66. The largest absolute Gasteiger partial charge is 0.497 e. The van der Waals surface area contributed by atoms with Gasteiger partial charge in [-0.1, -0.05) is 17.7 Å². The van der Waals surface area contributed by atoms with Gasteiger partial charge in [-0.3, -0.25) is 4.99 Å². The zero-order chi connectivity index (χ0) is 22.9. The van der Waals surface area contributed by atoms with Gasteiger partial charge >= 0.3 is 0 Å². The molecule has 0 spiro atoms. The summed E-state index contributed by atoms with van der Waals surface area (Å²) in [6, 6.07) is 12.4. The van der Waals surface area contributed by atoms with E-state index < -0.39 is 10.0 Å². The van der Waals surface area contributed by atoms with E-state index in [0.717, 1.165) is 22.6 Å². The first-order valence-electron chi connectivity index (χ1n) is 10.1. The van der Waals surface area contributed by atoms with Gasteiger partial charge in [-0.25, -0.2) is 13.1 Å². The van der Waals surface area contributed by atoms with Gasteiger partial charge < -0.3 is 19.7 Å². The molecule has 2 N–H and O–H groups in total. The highest BCUT2D eigenvalue weighted by Crippen LogP contribution is 2.25. The Balaban J connectivity index is 0.00000512. The van der Waals surface area contributed by atoms with Crippen LogP contribution in [-0.2, 0) is 16.6 Å². The number of rotatable bonds is 10. The molecule has 2 aromatic carbocycles. The van der Waals surface area contributed by atoms with Crippen molar-refractivity contribution in [1.29, 1.82) is 0 Å². The van der Waals surface area contributed by atoms with Gasteiger partial charge in [-0.2, -0.15) is 0 Å². The zero-order valence-electron chi connectivity index (χ0n) is 19.2. The number of aryl methyl sites for hydroxylation is 1. The van der Waals surface area contributed by atoms with E-state index in [4.69, 9.17) is 9.47 Å². The molecular formula is C22H33IN4O4S. The molecule has 0 bridgehead atoms. The van der Waals surface area contributed by atoms with Crippen LogP contribution in [0.15, 0.2) is 52.4 Å². The van der Waals surface area contributed by atoms with E-state index in [1.807, 2.05) is 44.0 Å². The van der Waals surface area contributed by atoms with Crippen LogP contribution in [0.2, 0.25) is 0 Å². The average Bonchev–Trinajstić information content (AvgIpc) is 2.76. The van der Waals surface area contributed by atoms with Gasteiger partial charge in [0.05, 0.1) is 25.7 Å². The number of aliphatic imine (C=N–C) groups is 1. The third-order valence-corrected chi connectivity index (χ3v) is 6.07. The molecule has 8 nitrogen and oxygen atoms in total. The van der Waals surface area contributed by atoms with Crippen molar-refractivity contribution in [3.05, 3.63) is 53.6 Å². The number of benzene rings is 2. The number of guanidine groups is 1. The lowest BCUT2D eigenvalue weighted by Gasteiger charge is -2.23. The second-order valence-electron chi connectivity index (χ2n) is 6.98. The Morgan fingerprint density at radius 1 is 1.09 bits per heavy atom. The summed E-state index contributed by atoms with van der Waals surface area (Å²) in [5.74, 6) is 2.13. The normalized spacial score (nSPS) is 11.5.